The molecule has 18 heavy (non-hydrogen) atoms. The maximum absolute atomic E-state index is 11.7. The van der Waals surface area contributed by atoms with Gasteiger partial charge in [-0.2, -0.15) is 0 Å². The van der Waals surface area contributed by atoms with Crippen LogP contribution in [-0.2, 0) is 16.1 Å². The van der Waals surface area contributed by atoms with Crippen LogP contribution >= 0.6 is 0 Å². The van der Waals surface area contributed by atoms with Crippen LogP contribution in [0, 0.1) is 5.92 Å². The molecular formula is C16H20O2. The van der Waals surface area contributed by atoms with Gasteiger partial charge in [0, 0.05) is 6.08 Å². The van der Waals surface area contributed by atoms with Crippen molar-refractivity contribution in [3.63, 3.8) is 0 Å². The van der Waals surface area contributed by atoms with Crippen molar-refractivity contribution in [2.75, 3.05) is 0 Å². The van der Waals surface area contributed by atoms with E-state index in [-0.39, 0.29) is 5.97 Å². The minimum Gasteiger partial charge on any atom is -0.458 e. The molecule has 1 aliphatic rings. The first kappa shape index (κ1) is 12.9. The van der Waals surface area contributed by atoms with Gasteiger partial charge >= 0.3 is 5.97 Å². The minimum atomic E-state index is -0.219. The van der Waals surface area contributed by atoms with Crippen molar-refractivity contribution in [3.8, 4) is 0 Å². The second kappa shape index (κ2) is 6.39. The van der Waals surface area contributed by atoms with E-state index in [9.17, 15) is 4.79 Å². The Morgan fingerprint density at radius 3 is 2.61 bits per heavy atom. The summed E-state index contributed by atoms with van der Waals surface area (Å²) >= 11 is 0. The van der Waals surface area contributed by atoms with E-state index < -0.39 is 0 Å². The molecule has 0 unspecified atom stereocenters. The zero-order chi connectivity index (χ0) is 12.8. The number of esters is 1. The maximum Gasteiger partial charge on any atom is 0.331 e. The lowest BCUT2D eigenvalue weighted by Gasteiger charge is -2.09. The summed E-state index contributed by atoms with van der Waals surface area (Å²) in [5, 5.41) is 0. The Morgan fingerprint density at radius 2 is 1.94 bits per heavy atom. The molecule has 0 bridgehead atoms. The highest BCUT2D eigenvalue weighted by molar-refractivity contribution is 5.82. The van der Waals surface area contributed by atoms with E-state index in [2.05, 4.69) is 0 Å². The molecule has 0 N–H and O–H groups in total. The topological polar surface area (TPSA) is 26.3 Å². The average molecular weight is 244 g/mol. The molecule has 2 nitrogen and oxygen atoms in total. The van der Waals surface area contributed by atoms with Crippen LogP contribution in [0.25, 0.3) is 0 Å². The Bertz CT molecular complexity index is 414. The van der Waals surface area contributed by atoms with Crippen molar-refractivity contribution in [1.29, 1.82) is 0 Å². The van der Waals surface area contributed by atoms with E-state index in [1.807, 2.05) is 37.3 Å². The lowest BCUT2D eigenvalue weighted by atomic mass is 9.99. The monoisotopic (exact) mass is 244 g/mol. The third-order valence-corrected chi connectivity index (χ3v) is 3.57. The quantitative estimate of drug-likeness (QED) is 0.593. The zero-order valence-electron chi connectivity index (χ0n) is 10.9. The molecule has 0 aromatic heterocycles. The number of carbonyl (C=O) groups excluding carboxylic acids is 1. The molecule has 1 saturated carbocycles. The second-order valence-electron chi connectivity index (χ2n) is 4.96. The van der Waals surface area contributed by atoms with E-state index in [1.165, 1.54) is 31.3 Å². The van der Waals surface area contributed by atoms with Crippen LogP contribution < -0.4 is 0 Å². The largest absolute Gasteiger partial charge is 0.458 e. The van der Waals surface area contributed by atoms with Gasteiger partial charge < -0.3 is 4.74 Å². The first-order chi connectivity index (χ1) is 8.75. The van der Waals surface area contributed by atoms with Gasteiger partial charge in [0.15, 0.2) is 0 Å². The Labute approximate surface area is 109 Å². The van der Waals surface area contributed by atoms with Crippen LogP contribution in [0.4, 0.5) is 0 Å². The van der Waals surface area contributed by atoms with Gasteiger partial charge in [0.1, 0.15) is 6.61 Å². The molecule has 96 valence electrons. The van der Waals surface area contributed by atoms with Crippen LogP contribution in [0.15, 0.2) is 42.0 Å². The van der Waals surface area contributed by atoms with Crippen molar-refractivity contribution in [2.45, 2.75) is 39.2 Å². The summed E-state index contributed by atoms with van der Waals surface area (Å²) in [6, 6.07) is 9.77. The number of benzene rings is 1. The standard InChI is InChI=1S/C16H20O2/c1-13(15-9-5-6-10-15)11-16(17)18-12-14-7-3-2-4-8-14/h2-4,7-8,11,15H,5-6,9-10,12H2,1H3/b13-11+. The second-order valence-corrected chi connectivity index (χ2v) is 4.96. The number of allylic oxidation sites excluding steroid dienone is 1. The summed E-state index contributed by atoms with van der Waals surface area (Å²) in [6.45, 7) is 2.40. The lowest BCUT2D eigenvalue weighted by Crippen LogP contribution is -2.04. The molecule has 0 radical (unpaired) electrons. The molecule has 0 saturated heterocycles. The molecule has 0 heterocycles. The first-order valence-electron chi connectivity index (χ1n) is 6.64. The molecule has 1 aliphatic carbocycles. The SMILES string of the molecule is C/C(=C\C(=O)OCc1ccccc1)C1CCCC1. The lowest BCUT2D eigenvalue weighted by molar-refractivity contribution is -0.139. The molecule has 2 rings (SSSR count). The van der Waals surface area contributed by atoms with Crippen molar-refractivity contribution >= 4 is 5.97 Å². The summed E-state index contributed by atoms with van der Waals surface area (Å²) < 4.78 is 5.24. The zero-order valence-corrected chi connectivity index (χ0v) is 10.9. The molecular weight excluding hydrogens is 224 g/mol. The summed E-state index contributed by atoms with van der Waals surface area (Å²) in [5.74, 6) is 0.373. The normalized spacial score (nSPS) is 16.8. The van der Waals surface area contributed by atoms with Crippen LogP contribution in [0.1, 0.15) is 38.2 Å². The predicted molar refractivity (Wildman–Crippen MR) is 72.0 cm³/mol. The van der Waals surface area contributed by atoms with Gasteiger partial charge in [0.05, 0.1) is 0 Å². The number of carbonyl (C=O) groups is 1. The van der Waals surface area contributed by atoms with Crippen LogP contribution in [0.5, 0.6) is 0 Å². The molecule has 1 aromatic carbocycles. The third kappa shape index (κ3) is 3.73. The summed E-state index contributed by atoms with van der Waals surface area (Å²) in [5.41, 5.74) is 2.20. The van der Waals surface area contributed by atoms with Crippen LogP contribution in [0.2, 0.25) is 0 Å². The number of hydrogen-bond acceptors (Lipinski definition) is 2. The van der Waals surface area contributed by atoms with Gasteiger partial charge in [-0.05, 0) is 31.2 Å². The van der Waals surface area contributed by atoms with Crippen molar-refractivity contribution in [1.82, 2.24) is 0 Å². The van der Waals surface area contributed by atoms with Crippen LogP contribution in [0.3, 0.4) is 0 Å². The molecule has 1 fully saturated rings. The molecule has 0 aliphatic heterocycles. The van der Waals surface area contributed by atoms with Gasteiger partial charge in [0.2, 0.25) is 0 Å². The number of hydrogen-bond donors (Lipinski definition) is 0. The van der Waals surface area contributed by atoms with E-state index in [1.54, 1.807) is 6.08 Å². The van der Waals surface area contributed by atoms with E-state index in [0.717, 1.165) is 5.56 Å². The van der Waals surface area contributed by atoms with Gasteiger partial charge in [0.25, 0.3) is 0 Å². The average Bonchev–Trinajstić information content (AvgIpc) is 2.91. The van der Waals surface area contributed by atoms with Crippen molar-refractivity contribution < 1.29 is 9.53 Å². The van der Waals surface area contributed by atoms with Gasteiger partial charge in [-0.15, -0.1) is 0 Å². The van der Waals surface area contributed by atoms with Gasteiger partial charge in [-0.1, -0.05) is 48.7 Å². The molecule has 0 spiro atoms. The summed E-state index contributed by atoms with van der Waals surface area (Å²) in [4.78, 5) is 11.7. The Morgan fingerprint density at radius 1 is 1.28 bits per heavy atom. The first-order valence-corrected chi connectivity index (χ1v) is 6.64. The third-order valence-electron chi connectivity index (χ3n) is 3.57. The molecule has 1 aromatic rings. The Hall–Kier alpha value is -1.57. The van der Waals surface area contributed by atoms with Crippen LogP contribution in [-0.4, -0.2) is 5.97 Å². The van der Waals surface area contributed by atoms with E-state index in [4.69, 9.17) is 4.74 Å². The van der Waals surface area contributed by atoms with Gasteiger partial charge in [-0.3, -0.25) is 0 Å². The fourth-order valence-corrected chi connectivity index (χ4v) is 2.46. The summed E-state index contributed by atoms with van der Waals surface area (Å²) in [7, 11) is 0. The van der Waals surface area contributed by atoms with E-state index >= 15 is 0 Å². The minimum absolute atomic E-state index is 0.219. The predicted octanol–water partition coefficient (Wildman–Crippen LogP) is 3.87. The fraction of sp³-hybridized carbons (Fsp3) is 0.438. The molecule has 0 atom stereocenters. The van der Waals surface area contributed by atoms with E-state index in [0.29, 0.717) is 12.5 Å². The Balaban J connectivity index is 1.83. The number of ether oxygens (including phenoxy) is 1. The number of rotatable bonds is 4. The highest BCUT2D eigenvalue weighted by Gasteiger charge is 2.17. The maximum atomic E-state index is 11.7. The molecule has 2 heteroatoms. The van der Waals surface area contributed by atoms with Crippen molar-refractivity contribution in [2.24, 2.45) is 5.92 Å². The highest BCUT2D eigenvalue weighted by atomic mass is 16.5. The summed E-state index contributed by atoms with van der Waals surface area (Å²) in [6.07, 6.45) is 6.67. The van der Waals surface area contributed by atoms with Gasteiger partial charge in [-0.25, -0.2) is 4.79 Å². The smallest absolute Gasteiger partial charge is 0.331 e. The fourth-order valence-electron chi connectivity index (χ4n) is 2.46. The Kier molecular flexibility index (Phi) is 4.57. The highest BCUT2D eigenvalue weighted by Crippen LogP contribution is 2.30. The van der Waals surface area contributed by atoms with Crippen molar-refractivity contribution in [3.05, 3.63) is 47.5 Å². The molecule has 0 amide bonds.